The van der Waals surface area contributed by atoms with Crippen LogP contribution in [0.3, 0.4) is 0 Å². The molecule has 0 atom stereocenters. The Bertz CT molecular complexity index is 986. The lowest BCUT2D eigenvalue weighted by Crippen LogP contribution is -2.47. The summed E-state index contributed by atoms with van der Waals surface area (Å²) in [7, 11) is 0. The fourth-order valence-corrected chi connectivity index (χ4v) is 6.35. The largest absolute Gasteiger partial charge is 0.416 e. The van der Waals surface area contributed by atoms with Crippen LogP contribution < -0.4 is 4.90 Å². The lowest BCUT2D eigenvalue weighted by molar-refractivity contribution is -0.137. The second-order valence-electron chi connectivity index (χ2n) is 11.1. The maximum Gasteiger partial charge on any atom is 0.416 e. The molecule has 5 rings (SSSR count). The molecule has 2 aliphatic carbocycles. The number of carbonyl (C=O) groups excluding carboxylic acids is 1. The number of amides is 1. The van der Waals surface area contributed by atoms with Crippen molar-refractivity contribution in [2.45, 2.75) is 57.5 Å². The number of benzene rings is 1. The number of allylic oxidation sites excluding steroid dienone is 1. The molecule has 7 heteroatoms. The van der Waals surface area contributed by atoms with Gasteiger partial charge in [-0.05, 0) is 79.8 Å². The van der Waals surface area contributed by atoms with E-state index < -0.39 is 11.7 Å². The zero-order valence-electron chi connectivity index (χ0n) is 21.1. The Kier molecular flexibility index (Phi) is 7.75. The Labute approximate surface area is 212 Å². The molecule has 0 spiro atoms. The van der Waals surface area contributed by atoms with Crippen molar-refractivity contribution in [2.24, 2.45) is 11.8 Å². The molecular weight excluding hydrogens is 463 g/mol. The van der Waals surface area contributed by atoms with Gasteiger partial charge in [0.05, 0.1) is 5.56 Å². The first-order valence-electron chi connectivity index (χ1n) is 13.6. The van der Waals surface area contributed by atoms with E-state index in [2.05, 4.69) is 26.9 Å². The summed E-state index contributed by atoms with van der Waals surface area (Å²) in [6.07, 6.45) is 8.96. The Hall–Kier alpha value is -2.28. The minimum atomic E-state index is -4.30. The number of carbonyl (C=O) groups is 1. The van der Waals surface area contributed by atoms with Gasteiger partial charge in [-0.3, -0.25) is 9.69 Å². The van der Waals surface area contributed by atoms with E-state index in [0.29, 0.717) is 23.9 Å². The molecule has 0 radical (unpaired) electrons. The molecule has 1 saturated carbocycles. The van der Waals surface area contributed by atoms with Crippen LogP contribution in [0, 0.1) is 11.8 Å². The zero-order valence-corrected chi connectivity index (χ0v) is 21.1. The van der Waals surface area contributed by atoms with Gasteiger partial charge in [0.25, 0.3) is 0 Å². The standard InChI is InChI=1S/C29H38F3N3O/c30-29(31,32)26-6-3-7-27(19-26)34-16-14-33(15-17-34)13-12-22-8-10-23(11-9-22)18-28(36)35-20-24-4-1-2-5-25(24)21-35/h1,3-4,6-7,19,22-23H,2,5,8-18,20-21H2. The van der Waals surface area contributed by atoms with Gasteiger partial charge in [0.1, 0.15) is 0 Å². The summed E-state index contributed by atoms with van der Waals surface area (Å²) < 4.78 is 39.1. The molecule has 1 aromatic rings. The molecular formula is C29H38F3N3O. The van der Waals surface area contributed by atoms with Crippen molar-refractivity contribution in [3.05, 3.63) is 53.1 Å². The van der Waals surface area contributed by atoms with Crippen molar-refractivity contribution in [2.75, 3.05) is 50.7 Å². The van der Waals surface area contributed by atoms with Crippen LogP contribution in [0.25, 0.3) is 0 Å². The van der Waals surface area contributed by atoms with E-state index in [4.69, 9.17) is 0 Å². The molecule has 2 heterocycles. The number of anilines is 1. The quantitative estimate of drug-likeness (QED) is 0.485. The number of hydrogen-bond acceptors (Lipinski definition) is 3. The third-order valence-electron chi connectivity index (χ3n) is 8.68. The van der Waals surface area contributed by atoms with Gasteiger partial charge in [0.15, 0.2) is 0 Å². The highest BCUT2D eigenvalue weighted by atomic mass is 19.4. The van der Waals surface area contributed by atoms with Crippen LogP contribution in [-0.2, 0) is 11.0 Å². The summed E-state index contributed by atoms with van der Waals surface area (Å²) in [6, 6.07) is 5.68. The van der Waals surface area contributed by atoms with Crippen molar-refractivity contribution >= 4 is 11.6 Å². The molecule has 0 aromatic heterocycles. The Morgan fingerprint density at radius 2 is 1.72 bits per heavy atom. The lowest BCUT2D eigenvalue weighted by atomic mass is 9.79. The number of piperazine rings is 1. The summed E-state index contributed by atoms with van der Waals surface area (Å²) in [5.41, 5.74) is 2.92. The Morgan fingerprint density at radius 1 is 0.972 bits per heavy atom. The molecule has 0 N–H and O–H groups in total. The predicted octanol–water partition coefficient (Wildman–Crippen LogP) is 5.90. The maximum atomic E-state index is 13.0. The molecule has 1 amide bonds. The van der Waals surface area contributed by atoms with Crippen molar-refractivity contribution < 1.29 is 18.0 Å². The van der Waals surface area contributed by atoms with Crippen LogP contribution in [0.2, 0.25) is 0 Å². The SMILES string of the molecule is O=C(CC1CCC(CCN2CCN(c3cccc(C(F)(F)F)c3)CC2)CC1)N1CC2=C(CCC=C2)C1. The van der Waals surface area contributed by atoms with E-state index in [-0.39, 0.29) is 0 Å². The van der Waals surface area contributed by atoms with E-state index in [1.54, 1.807) is 6.07 Å². The third-order valence-corrected chi connectivity index (χ3v) is 8.68. The summed E-state index contributed by atoms with van der Waals surface area (Å²) in [6.45, 7) is 6.02. The minimum absolute atomic E-state index is 0.333. The molecule has 2 fully saturated rings. The highest BCUT2D eigenvalue weighted by Crippen LogP contribution is 2.35. The van der Waals surface area contributed by atoms with E-state index in [1.165, 1.54) is 42.5 Å². The molecule has 4 aliphatic rings. The highest BCUT2D eigenvalue weighted by Gasteiger charge is 2.32. The summed E-state index contributed by atoms with van der Waals surface area (Å²) in [5.74, 6) is 1.58. The van der Waals surface area contributed by atoms with Gasteiger partial charge >= 0.3 is 6.18 Å². The van der Waals surface area contributed by atoms with E-state index in [9.17, 15) is 18.0 Å². The topological polar surface area (TPSA) is 26.8 Å². The Balaban J connectivity index is 0.990. The van der Waals surface area contributed by atoms with Crippen LogP contribution in [0.4, 0.5) is 18.9 Å². The van der Waals surface area contributed by atoms with Crippen LogP contribution in [0.15, 0.2) is 47.6 Å². The van der Waals surface area contributed by atoms with Crippen LogP contribution in [0.1, 0.15) is 56.9 Å². The van der Waals surface area contributed by atoms with Gasteiger partial charge in [0.2, 0.25) is 5.91 Å². The first-order chi connectivity index (χ1) is 17.3. The molecule has 0 bridgehead atoms. The molecule has 36 heavy (non-hydrogen) atoms. The fraction of sp³-hybridized carbons (Fsp3) is 0.621. The second kappa shape index (κ2) is 11.0. The van der Waals surface area contributed by atoms with Crippen LogP contribution in [0.5, 0.6) is 0 Å². The third kappa shape index (κ3) is 6.16. The van der Waals surface area contributed by atoms with Crippen molar-refractivity contribution in [3.63, 3.8) is 0 Å². The number of nitrogens with zero attached hydrogens (tertiary/aromatic N) is 3. The molecule has 4 nitrogen and oxygen atoms in total. The second-order valence-corrected chi connectivity index (χ2v) is 11.1. The number of alkyl halides is 3. The highest BCUT2D eigenvalue weighted by molar-refractivity contribution is 5.78. The number of halogens is 3. The normalized spacial score (nSPS) is 25.4. The summed E-state index contributed by atoms with van der Waals surface area (Å²) in [4.78, 5) is 19.5. The summed E-state index contributed by atoms with van der Waals surface area (Å²) in [5, 5.41) is 0. The molecule has 2 aliphatic heterocycles. The van der Waals surface area contributed by atoms with E-state index in [0.717, 1.165) is 83.5 Å². The number of hydrogen-bond donors (Lipinski definition) is 0. The lowest BCUT2D eigenvalue weighted by Gasteiger charge is -2.37. The van der Waals surface area contributed by atoms with Gasteiger partial charge < -0.3 is 9.80 Å². The Morgan fingerprint density at radius 3 is 2.44 bits per heavy atom. The van der Waals surface area contributed by atoms with E-state index >= 15 is 0 Å². The van der Waals surface area contributed by atoms with Gasteiger partial charge in [-0.15, -0.1) is 0 Å². The molecule has 196 valence electrons. The zero-order chi connectivity index (χ0) is 25.1. The fourth-order valence-electron chi connectivity index (χ4n) is 6.35. The minimum Gasteiger partial charge on any atom is -0.369 e. The van der Waals surface area contributed by atoms with Crippen molar-refractivity contribution in [1.29, 1.82) is 0 Å². The predicted molar refractivity (Wildman–Crippen MR) is 137 cm³/mol. The first-order valence-corrected chi connectivity index (χ1v) is 13.6. The molecule has 0 unspecified atom stereocenters. The maximum absolute atomic E-state index is 13.0. The molecule has 1 saturated heterocycles. The van der Waals surface area contributed by atoms with Crippen molar-refractivity contribution in [1.82, 2.24) is 9.80 Å². The van der Waals surface area contributed by atoms with Crippen LogP contribution in [-0.4, -0.2) is 61.5 Å². The van der Waals surface area contributed by atoms with Gasteiger partial charge in [-0.25, -0.2) is 0 Å². The van der Waals surface area contributed by atoms with Gasteiger partial charge in [0, 0.05) is 51.4 Å². The molecule has 1 aromatic carbocycles. The first kappa shape index (κ1) is 25.4. The van der Waals surface area contributed by atoms with Gasteiger partial charge in [-0.1, -0.05) is 31.1 Å². The van der Waals surface area contributed by atoms with Gasteiger partial charge in [-0.2, -0.15) is 13.2 Å². The van der Waals surface area contributed by atoms with E-state index in [1.807, 2.05) is 0 Å². The van der Waals surface area contributed by atoms with Crippen LogP contribution >= 0.6 is 0 Å². The monoisotopic (exact) mass is 501 g/mol. The van der Waals surface area contributed by atoms with Crippen molar-refractivity contribution in [3.8, 4) is 0 Å². The average Bonchev–Trinajstić information content (AvgIpc) is 3.33. The average molecular weight is 502 g/mol. The summed E-state index contributed by atoms with van der Waals surface area (Å²) >= 11 is 0. The number of rotatable bonds is 6. The smallest absolute Gasteiger partial charge is 0.369 e.